The Kier molecular flexibility index (Phi) is 3.05. The summed E-state index contributed by atoms with van der Waals surface area (Å²) in [6.45, 7) is 6.87. The maximum atomic E-state index is 7.94. The van der Waals surface area contributed by atoms with Gasteiger partial charge >= 0.3 is 0 Å². The molecule has 0 saturated carbocycles. The topological polar surface area (TPSA) is 12.9 Å². The van der Waals surface area contributed by atoms with Crippen molar-refractivity contribution in [3.8, 4) is 22.4 Å². The molecule has 110 valence electrons. The number of nitrogens with zero attached hydrogens (tertiary/aromatic N) is 1. The lowest BCUT2D eigenvalue weighted by molar-refractivity contribution is 1.34. The average Bonchev–Trinajstić information content (AvgIpc) is 2.58. The maximum Gasteiger partial charge on any atom is 0.0796 e. The predicted octanol–water partition coefficient (Wildman–Crippen LogP) is 4.96. The molecule has 2 aromatic carbocycles. The second-order valence-electron chi connectivity index (χ2n) is 6.39. The molecule has 0 fully saturated rings. The Balaban J connectivity index is 2.27. The molecule has 1 heterocycles. The van der Waals surface area contributed by atoms with Gasteiger partial charge in [0.25, 0.3) is 0 Å². The monoisotopic (exact) mass is 306 g/mol. The molecule has 0 unspecified atom stereocenters. The Morgan fingerprint density at radius 2 is 1.55 bits per heavy atom. The second kappa shape index (κ2) is 5.89. The molecule has 3 rings (SSSR count). The van der Waals surface area contributed by atoms with Gasteiger partial charge in [0.15, 0.2) is 0 Å². The van der Waals surface area contributed by atoms with Gasteiger partial charge in [-0.3, -0.25) is 4.98 Å². The summed E-state index contributed by atoms with van der Waals surface area (Å²) in [7, 11) is -1.52. The molecule has 0 saturated heterocycles. The summed E-state index contributed by atoms with van der Waals surface area (Å²) >= 11 is 0. The largest absolute Gasteiger partial charge is 0.256 e. The van der Waals surface area contributed by atoms with Crippen molar-refractivity contribution in [1.82, 2.24) is 4.98 Å². The summed E-state index contributed by atoms with van der Waals surface area (Å²) in [6, 6.07) is 15.6. The summed E-state index contributed by atoms with van der Waals surface area (Å²) in [6.07, 6.45) is 1.93. The van der Waals surface area contributed by atoms with Crippen LogP contribution in [-0.2, 0) is 0 Å². The lowest BCUT2D eigenvalue weighted by Gasteiger charge is -2.19. The van der Waals surface area contributed by atoms with Gasteiger partial charge in [-0.2, -0.15) is 0 Å². The number of hydrogen-bond acceptors (Lipinski definition) is 1. The van der Waals surface area contributed by atoms with E-state index in [9.17, 15) is 0 Å². The van der Waals surface area contributed by atoms with Gasteiger partial charge in [0.05, 0.1) is 17.9 Å². The molecule has 0 aliphatic heterocycles. The highest BCUT2D eigenvalue weighted by molar-refractivity contribution is 6.88. The van der Waals surface area contributed by atoms with Crippen LogP contribution in [0.3, 0.4) is 0 Å². The molecule has 3 aromatic rings. The van der Waals surface area contributed by atoms with Crippen molar-refractivity contribution in [1.29, 1.82) is 0 Å². The van der Waals surface area contributed by atoms with Gasteiger partial charge in [-0.1, -0.05) is 86.3 Å². The van der Waals surface area contributed by atoms with Crippen molar-refractivity contribution < 1.29 is 4.11 Å². The van der Waals surface area contributed by atoms with Crippen molar-refractivity contribution in [3.63, 3.8) is 0 Å². The summed E-state index contributed by atoms with van der Waals surface area (Å²) < 4.78 is 23.6. The molecule has 0 aliphatic carbocycles. The van der Waals surface area contributed by atoms with Crippen LogP contribution in [0.4, 0.5) is 0 Å². The maximum absolute atomic E-state index is 7.94. The van der Waals surface area contributed by atoms with Crippen LogP contribution in [0, 0.1) is 0 Å². The smallest absolute Gasteiger partial charge is 0.0796 e. The van der Waals surface area contributed by atoms with E-state index in [1.807, 2.05) is 24.4 Å². The molecule has 0 spiro atoms. The lowest BCUT2D eigenvalue weighted by Crippen LogP contribution is -2.38. The number of hydrogen-bond donors (Lipinski definition) is 0. The van der Waals surface area contributed by atoms with Crippen LogP contribution in [-0.4, -0.2) is 13.1 Å². The Morgan fingerprint density at radius 1 is 0.864 bits per heavy atom. The first kappa shape index (κ1) is 11.4. The predicted molar refractivity (Wildman–Crippen MR) is 98.1 cm³/mol. The Morgan fingerprint density at radius 3 is 2.18 bits per heavy atom. The van der Waals surface area contributed by atoms with Crippen molar-refractivity contribution in [2.24, 2.45) is 0 Å². The van der Waals surface area contributed by atoms with Gasteiger partial charge in [-0.15, -0.1) is 0 Å². The third-order valence-electron chi connectivity index (χ3n) is 3.71. The zero-order valence-corrected chi connectivity index (χ0v) is 14.1. The van der Waals surface area contributed by atoms with Crippen molar-refractivity contribution in [2.45, 2.75) is 19.6 Å². The van der Waals surface area contributed by atoms with E-state index >= 15 is 0 Å². The van der Waals surface area contributed by atoms with E-state index in [1.165, 1.54) is 5.19 Å². The Bertz CT molecular complexity index is 895. The summed E-state index contributed by atoms with van der Waals surface area (Å²) in [5.41, 5.74) is 3.55. The molecular formula is C20H21NSi. The normalized spacial score (nSPS) is 13.3. The van der Waals surface area contributed by atoms with Crippen molar-refractivity contribution in [3.05, 3.63) is 72.9 Å². The summed E-state index contributed by atoms with van der Waals surface area (Å²) in [5, 5.41) is 1.27. The summed E-state index contributed by atoms with van der Waals surface area (Å²) in [5.74, 6) is 0. The first-order valence-corrected chi connectivity index (χ1v) is 10.9. The minimum Gasteiger partial charge on any atom is -0.256 e. The standard InChI is InChI=1S/C20H21NSi/c1-22(2,3)18-14-19(16-10-6-4-7-11-16)20(21-15-18)17-12-8-5-9-13-17/h4-15H,1-3H3/i5D,8D,9D. The molecule has 22 heavy (non-hydrogen) atoms. The van der Waals surface area contributed by atoms with E-state index < -0.39 is 8.07 Å². The van der Waals surface area contributed by atoms with Gasteiger partial charge in [0.1, 0.15) is 0 Å². The number of pyridine rings is 1. The molecule has 1 nitrogen and oxygen atoms in total. The number of benzene rings is 2. The molecule has 0 radical (unpaired) electrons. The molecule has 0 amide bonds. The molecule has 2 heteroatoms. The first-order valence-electron chi connectivity index (χ1n) is 8.91. The zero-order chi connectivity index (χ0) is 18.2. The Labute approximate surface area is 137 Å². The van der Waals surface area contributed by atoms with Crippen LogP contribution in [0.15, 0.2) is 72.9 Å². The highest BCUT2D eigenvalue weighted by Gasteiger charge is 2.19. The third-order valence-corrected chi connectivity index (χ3v) is 5.72. The highest BCUT2D eigenvalue weighted by atomic mass is 28.3. The first-order chi connectivity index (χ1) is 11.8. The van der Waals surface area contributed by atoms with Gasteiger partial charge in [-0.25, -0.2) is 0 Å². The number of aromatic nitrogens is 1. The van der Waals surface area contributed by atoms with E-state index in [1.54, 1.807) is 12.1 Å². The number of rotatable bonds is 3. The zero-order valence-electron chi connectivity index (χ0n) is 16.1. The van der Waals surface area contributed by atoms with E-state index in [4.69, 9.17) is 9.10 Å². The Hall–Kier alpha value is -2.19. The van der Waals surface area contributed by atoms with Crippen molar-refractivity contribution >= 4 is 13.3 Å². The molecule has 0 bridgehead atoms. The van der Waals surface area contributed by atoms with Crippen molar-refractivity contribution in [2.75, 3.05) is 0 Å². The fourth-order valence-electron chi connectivity index (χ4n) is 2.39. The second-order valence-corrected chi connectivity index (χ2v) is 11.5. The minimum absolute atomic E-state index is 0.0521. The van der Waals surface area contributed by atoms with Gasteiger partial charge in [0.2, 0.25) is 0 Å². The van der Waals surface area contributed by atoms with Crippen LogP contribution in [0.1, 0.15) is 4.11 Å². The molecule has 0 N–H and O–H groups in total. The minimum atomic E-state index is -1.52. The van der Waals surface area contributed by atoms with E-state index in [-0.39, 0.29) is 18.1 Å². The van der Waals surface area contributed by atoms with Crippen LogP contribution in [0.2, 0.25) is 19.6 Å². The highest BCUT2D eigenvalue weighted by Crippen LogP contribution is 2.29. The molecule has 1 aromatic heterocycles. The third kappa shape index (κ3) is 3.02. The fraction of sp³-hybridized carbons (Fsp3) is 0.150. The van der Waals surface area contributed by atoms with Crippen LogP contribution < -0.4 is 5.19 Å². The fourth-order valence-corrected chi connectivity index (χ4v) is 3.42. The SMILES string of the molecule is [2H]c1cc(-c2ncc([Si](C)(C)C)cc2-c2ccccc2)cc([2H])c1[2H]. The van der Waals surface area contributed by atoms with Gasteiger partial charge in [0, 0.05) is 17.3 Å². The van der Waals surface area contributed by atoms with E-state index in [0.29, 0.717) is 5.56 Å². The van der Waals surface area contributed by atoms with Crippen LogP contribution in [0.25, 0.3) is 22.4 Å². The summed E-state index contributed by atoms with van der Waals surface area (Å²) in [4.78, 5) is 4.71. The quantitative estimate of drug-likeness (QED) is 0.623. The van der Waals surface area contributed by atoms with E-state index in [0.717, 1.165) is 16.8 Å². The molecular weight excluding hydrogens is 282 g/mol. The average molecular weight is 306 g/mol. The van der Waals surface area contributed by atoms with Crippen LogP contribution >= 0.6 is 0 Å². The van der Waals surface area contributed by atoms with Gasteiger partial charge in [-0.05, 0) is 10.8 Å². The van der Waals surface area contributed by atoms with E-state index in [2.05, 4.69) is 37.8 Å². The molecule has 0 aliphatic rings. The lowest BCUT2D eigenvalue weighted by atomic mass is 9.99. The molecule has 0 atom stereocenters. The van der Waals surface area contributed by atoms with Gasteiger partial charge < -0.3 is 0 Å². The van der Waals surface area contributed by atoms with Crippen LogP contribution in [0.5, 0.6) is 0 Å².